The average Bonchev–Trinajstić information content (AvgIpc) is 3.31. The van der Waals surface area contributed by atoms with Gasteiger partial charge in [-0.15, -0.1) is 22.7 Å². The van der Waals surface area contributed by atoms with Gasteiger partial charge in [0.1, 0.15) is 6.54 Å². The van der Waals surface area contributed by atoms with Crippen LogP contribution in [0, 0.1) is 0 Å². The van der Waals surface area contributed by atoms with Gasteiger partial charge in [0.05, 0.1) is 43.6 Å². The number of carbonyl (C=O) groups excluding carboxylic acids is 1. The van der Waals surface area contributed by atoms with E-state index < -0.39 is 11.6 Å². The summed E-state index contributed by atoms with van der Waals surface area (Å²) >= 11 is 2.92. The first kappa shape index (κ1) is 21.8. The minimum absolute atomic E-state index is 0. The lowest BCUT2D eigenvalue weighted by molar-refractivity contribution is -0.879. The molecule has 0 aliphatic carbocycles. The Morgan fingerprint density at radius 3 is 2.31 bits per heavy atom. The highest BCUT2D eigenvalue weighted by Crippen LogP contribution is 2.41. The standard InChI is InChI=1S/C18H24NO4S2.HI/c1-19(2)8-7-14(13-19)23-17(21)18(22-10-9-20,15-5-3-11-24-15)16-6-4-12-25-16;/h3-6,11-12,14,20H,7-10,13H2,1-2H3;1H/q+1;/p-1. The first-order valence-corrected chi connectivity index (χ1v) is 10.1. The molecule has 0 saturated carbocycles. The zero-order chi connectivity index (χ0) is 17.9. The smallest absolute Gasteiger partial charge is 0.350 e. The minimum Gasteiger partial charge on any atom is -1.00 e. The molecule has 1 N–H and O–H groups in total. The van der Waals surface area contributed by atoms with E-state index in [4.69, 9.17) is 9.47 Å². The SMILES string of the molecule is C[N+]1(C)CCC(OC(=O)C(OCCO)(c2cccs2)c2cccs2)C1.[I-]. The summed E-state index contributed by atoms with van der Waals surface area (Å²) in [7, 11) is 4.28. The lowest BCUT2D eigenvalue weighted by atomic mass is 9.99. The second-order valence-electron chi connectivity index (χ2n) is 6.87. The minimum atomic E-state index is -1.30. The number of likely N-dealkylation sites (tertiary alicyclic amines) is 1. The molecule has 3 heterocycles. The normalized spacial score (nSPS) is 19.1. The third-order valence-corrected chi connectivity index (χ3v) is 6.40. The number of hydrogen-bond acceptors (Lipinski definition) is 6. The van der Waals surface area contributed by atoms with E-state index in [9.17, 15) is 9.90 Å². The molecule has 1 unspecified atom stereocenters. The Hall–Kier alpha value is -0.520. The molecule has 0 spiro atoms. The zero-order valence-corrected chi connectivity index (χ0v) is 18.7. The molecule has 2 aromatic rings. The molecule has 1 fully saturated rings. The Morgan fingerprint density at radius 2 is 1.88 bits per heavy atom. The quantitative estimate of drug-likeness (QED) is 0.310. The van der Waals surface area contributed by atoms with Crippen LogP contribution in [0.5, 0.6) is 0 Å². The van der Waals surface area contributed by atoms with E-state index in [1.165, 1.54) is 22.7 Å². The van der Waals surface area contributed by atoms with E-state index in [0.29, 0.717) is 0 Å². The topological polar surface area (TPSA) is 55.8 Å². The van der Waals surface area contributed by atoms with Crippen molar-refractivity contribution in [2.24, 2.45) is 0 Å². The monoisotopic (exact) mass is 509 g/mol. The van der Waals surface area contributed by atoms with E-state index in [2.05, 4.69) is 14.1 Å². The van der Waals surface area contributed by atoms with Crippen LogP contribution in [0.3, 0.4) is 0 Å². The summed E-state index contributed by atoms with van der Waals surface area (Å²) in [4.78, 5) is 14.9. The van der Waals surface area contributed by atoms with Gasteiger partial charge in [-0.3, -0.25) is 0 Å². The van der Waals surface area contributed by atoms with E-state index in [1.807, 2.05) is 35.0 Å². The van der Waals surface area contributed by atoms with Crippen LogP contribution >= 0.6 is 22.7 Å². The first-order chi connectivity index (χ1) is 12.0. The third kappa shape index (κ3) is 4.48. The number of halogens is 1. The van der Waals surface area contributed by atoms with Crippen molar-refractivity contribution in [3.05, 3.63) is 44.8 Å². The molecule has 1 saturated heterocycles. The van der Waals surface area contributed by atoms with Gasteiger partial charge in [0, 0.05) is 6.42 Å². The first-order valence-electron chi connectivity index (χ1n) is 8.34. The molecule has 2 aromatic heterocycles. The predicted molar refractivity (Wildman–Crippen MR) is 98.8 cm³/mol. The van der Waals surface area contributed by atoms with Crippen molar-refractivity contribution < 1.29 is 47.8 Å². The number of ether oxygens (including phenoxy) is 2. The average molecular weight is 509 g/mol. The number of nitrogens with zero attached hydrogens (tertiary/aromatic N) is 1. The summed E-state index contributed by atoms with van der Waals surface area (Å²) in [5.41, 5.74) is -1.30. The van der Waals surface area contributed by atoms with Crippen LogP contribution in [0.25, 0.3) is 0 Å². The van der Waals surface area contributed by atoms with Crippen molar-refractivity contribution in [3.8, 4) is 0 Å². The van der Waals surface area contributed by atoms with Crippen LogP contribution in [0.15, 0.2) is 35.0 Å². The van der Waals surface area contributed by atoms with Crippen LogP contribution in [0.4, 0.5) is 0 Å². The highest BCUT2D eigenvalue weighted by Gasteiger charge is 2.49. The summed E-state index contributed by atoms with van der Waals surface area (Å²) in [6, 6.07) is 7.57. The Morgan fingerprint density at radius 1 is 1.27 bits per heavy atom. The van der Waals surface area contributed by atoms with Gasteiger partial charge in [0.25, 0.3) is 0 Å². The van der Waals surface area contributed by atoms with Crippen molar-refractivity contribution in [2.75, 3.05) is 40.4 Å². The summed E-state index contributed by atoms with van der Waals surface area (Å²) in [6.07, 6.45) is 0.739. The summed E-state index contributed by atoms with van der Waals surface area (Å²) in [5.74, 6) is -0.391. The van der Waals surface area contributed by atoms with Crippen LogP contribution in [0.1, 0.15) is 16.2 Å². The van der Waals surface area contributed by atoms with Crippen molar-refractivity contribution in [3.63, 3.8) is 0 Å². The van der Waals surface area contributed by atoms with Gasteiger partial charge in [-0.05, 0) is 22.9 Å². The lowest BCUT2D eigenvalue weighted by Gasteiger charge is -2.31. The summed E-state index contributed by atoms with van der Waals surface area (Å²) < 4.78 is 12.7. The number of hydrogen-bond donors (Lipinski definition) is 1. The number of aliphatic hydroxyl groups excluding tert-OH is 1. The zero-order valence-electron chi connectivity index (χ0n) is 14.9. The number of thiophene rings is 2. The van der Waals surface area contributed by atoms with Crippen molar-refractivity contribution in [1.29, 1.82) is 0 Å². The molecule has 0 amide bonds. The Labute approximate surface area is 179 Å². The number of esters is 1. The molecule has 144 valence electrons. The molecule has 1 atom stereocenters. The Balaban J connectivity index is 0.00000243. The fourth-order valence-corrected chi connectivity index (χ4v) is 5.06. The maximum atomic E-state index is 13.3. The van der Waals surface area contributed by atoms with Crippen LogP contribution < -0.4 is 24.0 Å². The summed E-state index contributed by atoms with van der Waals surface area (Å²) in [6.45, 7) is 1.70. The van der Waals surface area contributed by atoms with Crippen molar-refractivity contribution >= 4 is 28.6 Å². The van der Waals surface area contributed by atoms with Gasteiger partial charge < -0.3 is 43.0 Å². The van der Waals surface area contributed by atoms with Crippen molar-refractivity contribution in [1.82, 2.24) is 0 Å². The van der Waals surface area contributed by atoms with Gasteiger partial charge in [0.2, 0.25) is 5.60 Å². The molecule has 0 aromatic carbocycles. The molecule has 1 aliphatic heterocycles. The molecule has 0 bridgehead atoms. The number of rotatable bonds is 7. The largest absolute Gasteiger partial charge is 1.00 e. The number of quaternary nitrogens is 1. The predicted octanol–water partition coefficient (Wildman–Crippen LogP) is -0.542. The third-order valence-electron chi connectivity index (χ3n) is 4.46. The summed E-state index contributed by atoms with van der Waals surface area (Å²) in [5, 5.41) is 13.1. The molecule has 0 radical (unpaired) electrons. The highest BCUT2D eigenvalue weighted by atomic mass is 127. The number of carbonyl (C=O) groups is 1. The maximum Gasteiger partial charge on any atom is 0.350 e. The molecular formula is C18H24INO4S2. The second kappa shape index (κ2) is 9.11. The van der Waals surface area contributed by atoms with Crippen molar-refractivity contribution in [2.45, 2.75) is 18.1 Å². The molecule has 3 rings (SSSR count). The van der Waals surface area contributed by atoms with E-state index in [1.54, 1.807) is 0 Å². The molecule has 5 nitrogen and oxygen atoms in total. The van der Waals surface area contributed by atoms with Gasteiger partial charge in [0.15, 0.2) is 6.10 Å². The second-order valence-corrected chi connectivity index (χ2v) is 8.76. The Bertz CT molecular complexity index is 654. The molecule has 8 heteroatoms. The Kier molecular flexibility index (Phi) is 7.63. The molecule has 26 heavy (non-hydrogen) atoms. The van der Waals surface area contributed by atoms with Gasteiger partial charge in [-0.25, -0.2) is 4.79 Å². The molecule has 1 aliphatic rings. The van der Waals surface area contributed by atoms with Crippen LogP contribution in [-0.2, 0) is 19.9 Å². The van der Waals surface area contributed by atoms with E-state index in [0.717, 1.165) is 33.7 Å². The molecular weight excluding hydrogens is 485 g/mol. The van der Waals surface area contributed by atoms with Gasteiger partial charge in [-0.2, -0.15) is 0 Å². The van der Waals surface area contributed by atoms with E-state index in [-0.39, 0.29) is 43.3 Å². The van der Waals surface area contributed by atoms with E-state index >= 15 is 0 Å². The van der Waals surface area contributed by atoms with Crippen LogP contribution in [0.2, 0.25) is 0 Å². The highest BCUT2D eigenvalue weighted by molar-refractivity contribution is 7.12. The van der Waals surface area contributed by atoms with Gasteiger partial charge in [-0.1, -0.05) is 12.1 Å². The lowest BCUT2D eigenvalue weighted by Crippen LogP contribution is -3.00. The van der Waals surface area contributed by atoms with Crippen LogP contribution in [-0.4, -0.2) is 62.1 Å². The number of aliphatic hydroxyl groups is 1. The fraction of sp³-hybridized carbons (Fsp3) is 0.500. The van der Waals surface area contributed by atoms with Gasteiger partial charge >= 0.3 is 5.97 Å². The number of likely N-dealkylation sites (N-methyl/N-ethyl adjacent to an activating group) is 1. The maximum absolute atomic E-state index is 13.3. The fourth-order valence-electron chi connectivity index (χ4n) is 3.24.